The molecule has 8 heteroatoms. The first-order valence-electron chi connectivity index (χ1n) is 8.48. The molecule has 5 nitrogen and oxygen atoms in total. The summed E-state index contributed by atoms with van der Waals surface area (Å²) in [4.78, 5) is 2.02. The van der Waals surface area contributed by atoms with E-state index in [4.69, 9.17) is 0 Å². The quantitative estimate of drug-likeness (QED) is 0.887. The Morgan fingerprint density at radius 2 is 1.73 bits per heavy atom. The minimum Gasteiger partial charge on any atom is -0.369 e. The van der Waals surface area contributed by atoms with Crippen molar-refractivity contribution in [2.24, 2.45) is 0 Å². The highest BCUT2D eigenvalue weighted by molar-refractivity contribution is 7.89. The lowest BCUT2D eigenvalue weighted by Crippen LogP contribution is -2.43. The third-order valence-electron chi connectivity index (χ3n) is 4.92. The Morgan fingerprint density at radius 1 is 0.962 bits per heavy atom. The molecule has 4 rings (SSSR count). The van der Waals surface area contributed by atoms with Crippen molar-refractivity contribution in [3.63, 3.8) is 0 Å². The Labute approximate surface area is 151 Å². The fourth-order valence-electron chi connectivity index (χ4n) is 3.53. The first-order chi connectivity index (χ1) is 12.5. The van der Waals surface area contributed by atoms with E-state index in [2.05, 4.69) is 10.2 Å². The smallest absolute Gasteiger partial charge is 0.243 e. The topological polar surface area (TPSA) is 52.7 Å². The fourth-order valence-corrected chi connectivity index (χ4v) is 4.93. The maximum atomic E-state index is 13.5. The lowest BCUT2D eigenvalue weighted by molar-refractivity contribution is 0.430. The fraction of sp³-hybridized carbons (Fsp3) is 0.333. The molecule has 0 radical (unpaired) electrons. The number of sulfonamides is 1. The zero-order valence-electron chi connectivity index (χ0n) is 14.1. The maximum Gasteiger partial charge on any atom is 0.243 e. The second-order valence-corrected chi connectivity index (χ2v) is 8.44. The van der Waals surface area contributed by atoms with Gasteiger partial charge in [0, 0.05) is 45.0 Å². The summed E-state index contributed by atoms with van der Waals surface area (Å²) >= 11 is 0. The van der Waals surface area contributed by atoms with Crippen LogP contribution in [0.5, 0.6) is 0 Å². The molecule has 0 aliphatic carbocycles. The standard InChI is InChI=1S/C18H19F2N3O2S/c19-16-5-4-14(10-17(16)20)26(24,25)23-11-13-2-1-3-18(15(13)12-23)22-8-6-21-7-9-22/h1-5,10,21H,6-9,11-12H2. The van der Waals surface area contributed by atoms with Gasteiger partial charge in [-0.05, 0) is 35.4 Å². The van der Waals surface area contributed by atoms with Crippen LogP contribution in [0, 0.1) is 11.6 Å². The number of halogens is 2. The molecule has 1 fully saturated rings. The average Bonchev–Trinajstić information content (AvgIpc) is 3.10. The molecule has 0 amide bonds. The zero-order chi connectivity index (χ0) is 18.3. The number of piperazine rings is 1. The Kier molecular flexibility index (Phi) is 4.42. The summed E-state index contributed by atoms with van der Waals surface area (Å²) in [6.45, 7) is 3.98. The maximum absolute atomic E-state index is 13.5. The Hall–Kier alpha value is -2.03. The van der Waals surface area contributed by atoms with Crippen LogP contribution in [-0.4, -0.2) is 38.9 Å². The summed E-state index contributed by atoms with van der Waals surface area (Å²) in [5.74, 6) is -2.22. The highest BCUT2D eigenvalue weighted by atomic mass is 32.2. The monoisotopic (exact) mass is 379 g/mol. The molecule has 0 saturated carbocycles. The molecular weight excluding hydrogens is 360 g/mol. The lowest BCUT2D eigenvalue weighted by atomic mass is 10.1. The molecule has 0 unspecified atom stereocenters. The average molecular weight is 379 g/mol. The number of anilines is 1. The molecular formula is C18H19F2N3O2S. The van der Waals surface area contributed by atoms with E-state index in [1.54, 1.807) is 0 Å². The van der Waals surface area contributed by atoms with Crippen LogP contribution in [0.25, 0.3) is 0 Å². The van der Waals surface area contributed by atoms with Crippen LogP contribution in [0.3, 0.4) is 0 Å². The summed E-state index contributed by atoms with van der Waals surface area (Å²) in [6.07, 6.45) is 0. The van der Waals surface area contributed by atoms with Gasteiger partial charge in [0.15, 0.2) is 11.6 Å². The van der Waals surface area contributed by atoms with E-state index in [-0.39, 0.29) is 18.0 Å². The SMILES string of the molecule is O=S(=O)(c1ccc(F)c(F)c1)N1Cc2cccc(N3CCNCC3)c2C1. The zero-order valence-corrected chi connectivity index (χ0v) is 14.9. The van der Waals surface area contributed by atoms with E-state index in [1.807, 2.05) is 18.2 Å². The predicted octanol–water partition coefficient (Wildman–Crippen LogP) is 2.08. The van der Waals surface area contributed by atoms with Crippen molar-refractivity contribution in [2.45, 2.75) is 18.0 Å². The summed E-state index contributed by atoms with van der Waals surface area (Å²) < 4.78 is 53.7. The highest BCUT2D eigenvalue weighted by Crippen LogP contribution is 2.35. The molecule has 0 atom stereocenters. The minimum atomic E-state index is -3.90. The number of hydrogen-bond donors (Lipinski definition) is 1. The summed E-state index contributed by atoms with van der Waals surface area (Å²) in [6, 6.07) is 8.56. The molecule has 26 heavy (non-hydrogen) atoms. The second kappa shape index (κ2) is 6.61. The van der Waals surface area contributed by atoms with Gasteiger partial charge in [-0.2, -0.15) is 4.31 Å². The van der Waals surface area contributed by atoms with Gasteiger partial charge in [-0.15, -0.1) is 0 Å². The van der Waals surface area contributed by atoms with Crippen molar-refractivity contribution >= 4 is 15.7 Å². The van der Waals surface area contributed by atoms with E-state index >= 15 is 0 Å². The summed E-state index contributed by atoms with van der Waals surface area (Å²) in [5, 5.41) is 3.30. The minimum absolute atomic E-state index is 0.229. The van der Waals surface area contributed by atoms with Gasteiger partial charge >= 0.3 is 0 Å². The van der Waals surface area contributed by atoms with Gasteiger partial charge in [-0.1, -0.05) is 12.1 Å². The van der Waals surface area contributed by atoms with Crippen LogP contribution in [0.15, 0.2) is 41.3 Å². The molecule has 0 aromatic heterocycles. The summed E-state index contributed by atoms with van der Waals surface area (Å²) in [7, 11) is -3.90. The Bertz CT molecular complexity index is 943. The molecule has 0 spiro atoms. The molecule has 2 aliphatic heterocycles. The molecule has 1 saturated heterocycles. The van der Waals surface area contributed by atoms with E-state index in [9.17, 15) is 17.2 Å². The van der Waals surface area contributed by atoms with Crippen molar-refractivity contribution < 1.29 is 17.2 Å². The van der Waals surface area contributed by atoms with Crippen molar-refractivity contribution in [3.05, 3.63) is 59.2 Å². The van der Waals surface area contributed by atoms with E-state index < -0.39 is 21.7 Å². The van der Waals surface area contributed by atoms with Crippen molar-refractivity contribution in [3.8, 4) is 0 Å². The molecule has 138 valence electrons. The van der Waals surface area contributed by atoms with E-state index in [0.29, 0.717) is 0 Å². The van der Waals surface area contributed by atoms with Crippen LogP contribution in [0.1, 0.15) is 11.1 Å². The van der Waals surface area contributed by atoms with Gasteiger partial charge in [0.25, 0.3) is 0 Å². The number of nitrogens with zero attached hydrogens (tertiary/aromatic N) is 2. The second-order valence-electron chi connectivity index (χ2n) is 6.50. The number of benzene rings is 2. The Morgan fingerprint density at radius 3 is 2.46 bits per heavy atom. The third-order valence-corrected chi connectivity index (χ3v) is 6.70. The molecule has 2 aromatic carbocycles. The van der Waals surface area contributed by atoms with Gasteiger partial charge in [-0.25, -0.2) is 17.2 Å². The molecule has 2 aromatic rings. The van der Waals surface area contributed by atoms with E-state index in [0.717, 1.165) is 61.2 Å². The first-order valence-corrected chi connectivity index (χ1v) is 9.92. The molecule has 2 aliphatic rings. The van der Waals surface area contributed by atoms with Gasteiger partial charge in [0.1, 0.15) is 0 Å². The van der Waals surface area contributed by atoms with Crippen LogP contribution >= 0.6 is 0 Å². The molecule has 0 bridgehead atoms. The molecule has 1 N–H and O–H groups in total. The van der Waals surface area contributed by atoms with E-state index in [1.165, 1.54) is 4.31 Å². The number of fused-ring (bicyclic) bond motifs is 1. The normalized spacial score (nSPS) is 18.2. The first kappa shape index (κ1) is 17.4. The van der Waals surface area contributed by atoms with Crippen molar-refractivity contribution in [1.82, 2.24) is 9.62 Å². The van der Waals surface area contributed by atoms with Gasteiger partial charge < -0.3 is 10.2 Å². The van der Waals surface area contributed by atoms with Crippen LogP contribution < -0.4 is 10.2 Å². The van der Waals surface area contributed by atoms with Crippen LogP contribution in [0.4, 0.5) is 14.5 Å². The predicted molar refractivity (Wildman–Crippen MR) is 94.3 cm³/mol. The van der Waals surface area contributed by atoms with Crippen LogP contribution in [0.2, 0.25) is 0 Å². The third kappa shape index (κ3) is 2.98. The Balaban J connectivity index is 1.65. The number of hydrogen-bond acceptors (Lipinski definition) is 4. The number of rotatable bonds is 3. The lowest BCUT2D eigenvalue weighted by Gasteiger charge is -2.31. The highest BCUT2D eigenvalue weighted by Gasteiger charge is 2.33. The van der Waals surface area contributed by atoms with Crippen LogP contribution in [-0.2, 0) is 23.1 Å². The van der Waals surface area contributed by atoms with Gasteiger partial charge in [0.05, 0.1) is 4.90 Å². The van der Waals surface area contributed by atoms with Crippen molar-refractivity contribution in [2.75, 3.05) is 31.1 Å². The number of nitrogens with one attached hydrogen (secondary N) is 1. The molecule has 2 heterocycles. The van der Waals surface area contributed by atoms with Gasteiger partial charge in [0.2, 0.25) is 10.0 Å². The van der Waals surface area contributed by atoms with Crippen molar-refractivity contribution in [1.29, 1.82) is 0 Å². The van der Waals surface area contributed by atoms with Gasteiger partial charge in [-0.3, -0.25) is 0 Å². The largest absolute Gasteiger partial charge is 0.369 e. The summed E-state index contributed by atoms with van der Waals surface area (Å²) in [5.41, 5.74) is 2.99.